The van der Waals surface area contributed by atoms with E-state index in [1.807, 2.05) is 23.1 Å². The van der Waals surface area contributed by atoms with Crippen LogP contribution in [0.3, 0.4) is 0 Å². The molecule has 0 atom stereocenters. The van der Waals surface area contributed by atoms with Gasteiger partial charge in [0.05, 0.1) is 11.6 Å². The number of hydrazine groups is 1. The van der Waals surface area contributed by atoms with E-state index in [9.17, 15) is 9.59 Å². The minimum atomic E-state index is -0.625. The summed E-state index contributed by atoms with van der Waals surface area (Å²) in [6.07, 6.45) is 1.99. The average Bonchev–Trinajstić information content (AvgIpc) is 2.62. The molecule has 0 spiro atoms. The molecule has 0 bridgehead atoms. The number of amides is 2. The van der Waals surface area contributed by atoms with E-state index in [0.717, 1.165) is 25.1 Å². The zero-order valence-electron chi connectivity index (χ0n) is 13.3. The predicted octanol–water partition coefficient (Wildman–Crippen LogP) is 2.60. The van der Waals surface area contributed by atoms with Gasteiger partial charge in [-0.3, -0.25) is 20.4 Å². The molecule has 6 nitrogen and oxygen atoms in total. The molecule has 2 N–H and O–H groups in total. The first-order valence-electron chi connectivity index (χ1n) is 7.78. The molecule has 2 aromatic rings. The van der Waals surface area contributed by atoms with Crippen LogP contribution in [0.15, 0.2) is 36.4 Å². The number of carbonyl (C=O) groups excluding carboxylic acids is 2. The highest BCUT2D eigenvalue weighted by molar-refractivity contribution is 6.34. The predicted molar refractivity (Wildman–Crippen MR) is 96.8 cm³/mol. The highest BCUT2D eigenvalue weighted by Crippen LogP contribution is 2.26. The lowest BCUT2D eigenvalue weighted by molar-refractivity contribution is -0.120. The van der Waals surface area contributed by atoms with Gasteiger partial charge >= 0.3 is 0 Å². The molecule has 1 aromatic carbocycles. The first-order chi connectivity index (χ1) is 12.0. The van der Waals surface area contributed by atoms with Crippen molar-refractivity contribution in [2.45, 2.75) is 12.8 Å². The van der Waals surface area contributed by atoms with E-state index in [1.165, 1.54) is 17.7 Å². The van der Waals surface area contributed by atoms with Gasteiger partial charge in [-0.25, -0.2) is 4.98 Å². The molecule has 1 aromatic heterocycles. The van der Waals surface area contributed by atoms with Crippen LogP contribution in [0.4, 0.5) is 5.69 Å². The SMILES string of the molecule is O=C(CN1CCCc2ccccc21)NNC(=O)c1nc(Cl)ccc1Cl. The number of rotatable bonds is 3. The highest BCUT2D eigenvalue weighted by Gasteiger charge is 2.19. The van der Waals surface area contributed by atoms with Crippen LogP contribution in [-0.4, -0.2) is 29.9 Å². The number of benzene rings is 1. The molecule has 3 rings (SSSR count). The summed E-state index contributed by atoms with van der Waals surface area (Å²) in [6.45, 7) is 0.939. The number of aromatic nitrogens is 1. The third kappa shape index (κ3) is 4.21. The molecular formula is C17H16Cl2N4O2. The zero-order valence-corrected chi connectivity index (χ0v) is 14.8. The Labute approximate surface area is 155 Å². The van der Waals surface area contributed by atoms with Crippen LogP contribution >= 0.6 is 23.2 Å². The van der Waals surface area contributed by atoms with Crippen LogP contribution in [0.25, 0.3) is 0 Å². The third-order valence-corrected chi connectivity index (χ3v) is 4.40. The molecule has 25 heavy (non-hydrogen) atoms. The summed E-state index contributed by atoms with van der Waals surface area (Å²) in [6, 6.07) is 10.9. The number of halogens is 2. The van der Waals surface area contributed by atoms with E-state index in [2.05, 4.69) is 21.9 Å². The summed E-state index contributed by atoms with van der Waals surface area (Å²) >= 11 is 11.7. The Hall–Kier alpha value is -2.31. The molecule has 1 aliphatic rings. The van der Waals surface area contributed by atoms with Gasteiger partial charge in [0, 0.05) is 12.2 Å². The molecule has 130 valence electrons. The maximum atomic E-state index is 12.2. The highest BCUT2D eigenvalue weighted by atomic mass is 35.5. The molecule has 0 unspecified atom stereocenters. The normalized spacial score (nSPS) is 13.1. The van der Waals surface area contributed by atoms with E-state index < -0.39 is 5.91 Å². The van der Waals surface area contributed by atoms with Gasteiger partial charge in [-0.15, -0.1) is 0 Å². The lowest BCUT2D eigenvalue weighted by atomic mass is 10.0. The minimum Gasteiger partial charge on any atom is -0.362 e. The van der Waals surface area contributed by atoms with Crippen molar-refractivity contribution in [2.75, 3.05) is 18.0 Å². The summed E-state index contributed by atoms with van der Waals surface area (Å²) in [5.41, 5.74) is 6.92. The van der Waals surface area contributed by atoms with Crippen molar-refractivity contribution in [3.05, 3.63) is 57.8 Å². The molecule has 2 heterocycles. The number of nitrogens with one attached hydrogen (secondary N) is 2. The maximum Gasteiger partial charge on any atom is 0.289 e. The van der Waals surface area contributed by atoms with Crippen molar-refractivity contribution in [2.24, 2.45) is 0 Å². The molecule has 0 fully saturated rings. The van der Waals surface area contributed by atoms with E-state index >= 15 is 0 Å². The molecule has 0 radical (unpaired) electrons. The lowest BCUT2D eigenvalue weighted by Gasteiger charge is -2.30. The molecule has 1 aliphatic heterocycles. The number of anilines is 1. The van der Waals surface area contributed by atoms with Gasteiger partial charge in [0.2, 0.25) is 0 Å². The van der Waals surface area contributed by atoms with Gasteiger partial charge in [0.15, 0.2) is 0 Å². The van der Waals surface area contributed by atoms with Crippen molar-refractivity contribution in [3.63, 3.8) is 0 Å². The topological polar surface area (TPSA) is 74.3 Å². The van der Waals surface area contributed by atoms with Gasteiger partial charge in [-0.1, -0.05) is 41.4 Å². The van der Waals surface area contributed by atoms with Crippen molar-refractivity contribution in [1.82, 2.24) is 15.8 Å². The van der Waals surface area contributed by atoms with E-state index in [0.29, 0.717) is 0 Å². The Morgan fingerprint density at radius 2 is 1.92 bits per heavy atom. The van der Waals surface area contributed by atoms with E-state index in [1.54, 1.807) is 0 Å². The Morgan fingerprint density at radius 1 is 1.12 bits per heavy atom. The maximum absolute atomic E-state index is 12.2. The van der Waals surface area contributed by atoms with Crippen LogP contribution in [0.5, 0.6) is 0 Å². The Morgan fingerprint density at radius 3 is 2.76 bits per heavy atom. The molecule has 0 aliphatic carbocycles. The standard InChI is InChI=1S/C17H16Cl2N4O2/c18-12-7-8-14(19)20-16(12)17(25)22-21-15(24)10-23-9-3-5-11-4-1-2-6-13(11)23/h1-2,4,6-8H,3,5,9-10H2,(H,21,24)(H,22,25). The quantitative estimate of drug-likeness (QED) is 0.635. The number of hydrogen-bond donors (Lipinski definition) is 2. The number of aryl methyl sites for hydroxylation is 1. The van der Waals surface area contributed by atoms with Gasteiger partial charge in [0.1, 0.15) is 10.8 Å². The minimum absolute atomic E-state index is 0.0437. The van der Waals surface area contributed by atoms with Gasteiger partial charge in [0.25, 0.3) is 11.8 Å². The van der Waals surface area contributed by atoms with Crippen molar-refractivity contribution in [3.8, 4) is 0 Å². The largest absolute Gasteiger partial charge is 0.362 e. The summed E-state index contributed by atoms with van der Waals surface area (Å²) in [5.74, 6) is -0.955. The molecule has 2 amide bonds. The van der Waals surface area contributed by atoms with Crippen molar-refractivity contribution >= 4 is 40.7 Å². The Bertz CT molecular complexity index is 813. The van der Waals surface area contributed by atoms with Crippen molar-refractivity contribution in [1.29, 1.82) is 0 Å². The fourth-order valence-electron chi connectivity index (χ4n) is 2.75. The smallest absolute Gasteiger partial charge is 0.289 e. The van der Waals surface area contributed by atoms with E-state index in [-0.39, 0.29) is 28.3 Å². The van der Waals surface area contributed by atoms with Crippen LogP contribution in [0.1, 0.15) is 22.5 Å². The summed E-state index contributed by atoms with van der Waals surface area (Å²) in [4.78, 5) is 30.1. The number of fused-ring (bicyclic) bond motifs is 1. The van der Waals surface area contributed by atoms with Gasteiger partial charge < -0.3 is 4.90 Å². The number of nitrogens with zero attached hydrogens (tertiary/aromatic N) is 2. The van der Waals surface area contributed by atoms with Crippen LogP contribution in [0, 0.1) is 0 Å². The molecular weight excluding hydrogens is 363 g/mol. The van der Waals surface area contributed by atoms with Crippen molar-refractivity contribution < 1.29 is 9.59 Å². The summed E-state index contributed by atoms with van der Waals surface area (Å²) in [5, 5.41) is 0.298. The monoisotopic (exact) mass is 378 g/mol. The number of para-hydroxylation sites is 1. The fraction of sp³-hybridized carbons (Fsp3) is 0.235. The summed E-state index contributed by atoms with van der Waals surface area (Å²) < 4.78 is 0. The lowest BCUT2D eigenvalue weighted by Crippen LogP contribution is -2.47. The second-order valence-corrected chi connectivity index (χ2v) is 6.41. The average molecular weight is 379 g/mol. The van der Waals surface area contributed by atoms with Crippen LogP contribution in [-0.2, 0) is 11.2 Å². The zero-order chi connectivity index (χ0) is 17.8. The molecule has 0 saturated heterocycles. The van der Waals surface area contributed by atoms with Crippen LogP contribution in [0.2, 0.25) is 10.2 Å². The summed E-state index contributed by atoms with van der Waals surface area (Å²) in [7, 11) is 0. The Kier molecular flexibility index (Phi) is 5.40. The number of carbonyl (C=O) groups is 2. The Balaban J connectivity index is 1.59. The second-order valence-electron chi connectivity index (χ2n) is 5.62. The fourth-order valence-corrected chi connectivity index (χ4v) is 3.09. The molecule has 8 heteroatoms. The van der Waals surface area contributed by atoms with Gasteiger partial charge in [-0.2, -0.15) is 0 Å². The number of hydrogen-bond acceptors (Lipinski definition) is 4. The first-order valence-corrected chi connectivity index (χ1v) is 8.54. The first kappa shape index (κ1) is 17.5. The number of pyridine rings is 1. The van der Waals surface area contributed by atoms with Gasteiger partial charge in [-0.05, 0) is 36.6 Å². The van der Waals surface area contributed by atoms with Crippen LogP contribution < -0.4 is 15.8 Å². The third-order valence-electron chi connectivity index (χ3n) is 3.88. The van der Waals surface area contributed by atoms with E-state index in [4.69, 9.17) is 23.2 Å². The second kappa shape index (κ2) is 7.72. The molecule has 0 saturated carbocycles.